The molecule has 0 aromatic carbocycles. The number of rotatable bonds is 10. The highest BCUT2D eigenvalue weighted by molar-refractivity contribution is 7.99. The van der Waals surface area contributed by atoms with Crippen molar-refractivity contribution < 1.29 is 34.1 Å². The Balaban J connectivity index is 5.74. The standard InChI is InChI=1S/C16H26Cl3N3O7S/c1-9(24)21-8-30-6-10(20-7-16(17,18)19)12(25)22(11(5-23)13(26)27)14(28)29-15(2,3)4/h10-11,20,23H,5-8H2,1-4H3,(H,21,24)(H,26,27)/t10-,11-/m0/s1. The van der Waals surface area contributed by atoms with Gasteiger partial charge in [0.1, 0.15) is 5.60 Å². The minimum atomic E-state index is -1.88. The number of hydrogen-bond donors (Lipinski definition) is 4. The topological polar surface area (TPSA) is 145 Å². The summed E-state index contributed by atoms with van der Waals surface area (Å²) in [5, 5.41) is 24.0. The van der Waals surface area contributed by atoms with Crippen LogP contribution in [0.5, 0.6) is 0 Å². The van der Waals surface area contributed by atoms with Crippen LogP contribution < -0.4 is 10.6 Å². The lowest BCUT2D eigenvalue weighted by molar-refractivity contribution is -0.151. The zero-order valence-electron chi connectivity index (χ0n) is 16.9. The number of imide groups is 1. The van der Waals surface area contributed by atoms with Crippen molar-refractivity contribution in [1.29, 1.82) is 0 Å². The Bertz CT molecular complexity index is 626. The molecule has 0 heterocycles. The van der Waals surface area contributed by atoms with Crippen molar-refractivity contribution in [3.63, 3.8) is 0 Å². The number of ether oxygens (including phenoxy) is 1. The number of carbonyl (C=O) groups excluding carboxylic acids is 3. The van der Waals surface area contributed by atoms with E-state index in [2.05, 4.69) is 10.6 Å². The maximum absolute atomic E-state index is 13.1. The highest BCUT2D eigenvalue weighted by Gasteiger charge is 2.40. The number of thioether (sulfide) groups is 1. The van der Waals surface area contributed by atoms with Crippen LogP contribution in [0, 0.1) is 0 Å². The number of aliphatic carboxylic acids is 1. The molecule has 0 saturated heterocycles. The minimum absolute atomic E-state index is 0.0169. The van der Waals surface area contributed by atoms with Gasteiger partial charge in [-0.15, -0.1) is 11.8 Å². The molecule has 0 aliphatic carbocycles. The zero-order valence-corrected chi connectivity index (χ0v) is 20.0. The van der Waals surface area contributed by atoms with E-state index in [1.54, 1.807) is 0 Å². The lowest BCUT2D eigenvalue weighted by Crippen LogP contribution is -2.58. The van der Waals surface area contributed by atoms with E-state index in [1.165, 1.54) is 27.7 Å². The summed E-state index contributed by atoms with van der Waals surface area (Å²) in [4.78, 5) is 48.5. The summed E-state index contributed by atoms with van der Waals surface area (Å²) < 4.78 is 3.35. The minimum Gasteiger partial charge on any atom is -0.480 e. The molecule has 0 aromatic heterocycles. The summed E-state index contributed by atoms with van der Waals surface area (Å²) in [6.07, 6.45) is -1.25. The Labute approximate surface area is 193 Å². The molecule has 0 aliphatic heterocycles. The molecular formula is C16H26Cl3N3O7S. The van der Waals surface area contributed by atoms with Crippen molar-refractivity contribution in [2.45, 2.75) is 49.2 Å². The van der Waals surface area contributed by atoms with Crippen LogP contribution in [0.1, 0.15) is 27.7 Å². The summed E-state index contributed by atoms with van der Waals surface area (Å²) in [6.45, 7) is 4.58. The predicted octanol–water partition coefficient (Wildman–Crippen LogP) is 1.35. The van der Waals surface area contributed by atoms with Crippen molar-refractivity contribution >= 4 is 70.4 Å². The highest BCUT2D eigenvalue weighted by atomic mass is 35.6. The number of carbonyl (C=O) groups is 4. The summed E-state index contributed by atoms with van der Waals surface area (Å²) in [5.74, 6) is -2.78. The second kappa shape index (κ2) is 12.8. The second-order valence-corrected chi connectivity index (χ2v) is 10.6. The van der Waals surface area contributed by atoms with Gasteiger partial charge in [0.05, 0.1) is 18.5 Å². The number of alkyl halides is 3. The molecule has 4 N–H and O–H groups in total. The fraction of sp³-hybridized carbons (Fsp3) is 0.750. The van der Waals surface area contributed by atoms with Crippen molar-refractivity contribution in [2.75, 3.05) is 24.8 Å². The molecule has 0 rings (SSSR count). The second-order valence-electron chi connectivity index (χ2n) is 7.02. The zero-order chi connectivity index (χ0) is 23.7. The normalized spacial score (nSPS) is 13.9. The maximum atomic E-state index is 13.1. The summed E-state index contributed by atoms with van der Waals surface area (Å²) in [6, 6.07) is -3.08. The van der Waals surface area contributed by atoms with E-state index in [-0.39, 0.29) is 24.1 Å². The first-order valence-corrected chi connectivity index (χ1v) is 10.9. The Morgan fingerprint density at radius 1 is 1.17 bits per heavy atom. The summed E-state index contributed by atoms with van der Waals surface area (Å²) in [5.41, 5.74) is -1.03. The van der Waals surface area contributed by atoms with Gasteiger partial charge < -0.3 is 25.6 Å². The van der Waals surface area contributed by atoms with Gasteiger partial charge in [0.25, 0.3) is 5.91 Å². The van der Waals surface area contributed by atoms with Crippen molar-refractivity contribution in [3.05, 3.63) is 0 Å². The molecule has 10 nitrogen and oxygen atoms in total. The third-order valence-electron chi connectivity index (χ3n) is 3.15. The lowest BCUT2D eigenvalue weighted by atomic mass is 10.2. The molecule has 0 saturated carbocycles. The number of carboxylic acids is 1. The molecule has 0 aliphatic rings. The Morgan fingerprint density at radius 2 is 1.73 bits per heavy atom. The Kier molecular flexibility index (Phi) is 12.4. The molecular weight excluding hydrogens is 485 g/mol. The van der Waals surface area contributed by atoms with Gasteiger partial charge in [-0.1, -0.05) is 34.8 Å². The largest absolute Gasteiger partial charge is 0.480 e. The van der Waals surface area contributed by atoms with Gasteiger partial charge in [-0.2, -0.15) is 0 Å². The molecule has 14 heteroatoms. The molecule has 0 radical (unpaired) electrons. The van der Waals surface area contributed by atoms with E-state index in [4.69, 9.17) is 39.5 Å². The van der Waals surface area contributed by atoms with Crippen molar-refractivity contribution in [1.82, 2.24) is 15.5 Å². The molecule has 0 bridgehead atoms. The molecule has 0 aromatic rings. The maximum Gasteiger partial charge on any atom is 0.417 e. The molecule has 30 heavy (non-hydrogen) atoms. The van der Waals surface area contributed by atoms with E-state index < -0.39 is 46.1 Å². The van der Waals surface area contributed by atoms with Gasteiger partial charge in [-0.25, -0.2) is 14.5 Å². The van der Waals surface area contributed by atoms with Crippen molar-refractivity contribution in [3.8, 4) is 0 Å². The third-order valence-corrected chi connectivity index (χ3v) is 4.47. The van der Waals surface area contributed by atoms with Crippen LogP contribution in [0.25, 0.3) is 0 Å². The van der Waals surface area contributed by atoms with E-state index in [1.807, 2.05) is 0 Å². The lowest BCUT2D eigenvalue weighted by Gasteiger charge is -2.32. The first-order chi connectivity index (χ1) is 13.6. The van der Waals surface area contributed by atoms with Gasteiger partial charge in [0, 0.05) is 19.2 Å². The summed E-state index contributed by atoms with van der Waals surface area (Å²) in [7, 11) is 0. The van der Waals surface area contributed by atoms with Crippen LogP contribution in [-0.2, 0) is 19.1 Å². The van der Waals surface area contributed by atoms with E-state index in [9.17, 15) is 29.4 Å². The third kappa shape index (κ3) is 12.0. The van der Waals surface area contributed by atoms with Crippen LogP contribution in [0.2, 0.25) is 0 Å². The molecule has 174 valence electrons. The number of hydrogen-bond acceptors (Lipinski definition) is 8. The van der Waals surface area contributed by atoms with E-state index in [0.717, 1.165) is 11.8 Å². The quantitative estimate of drug-likeness (QED) is 0.194. The Hall–Kier alpha value is -0.980. The molecule has 0 fully saturated rings. The number of halogens is 3. The number of aliphatic hydroxyl groups excluding tert-OH is 1. The monoisotopic (exact) mass is 509 g/mol. The first-order valence-electron chi connectivity index (χ1n) is 8.61. The molecule has 0 unspecified atom stereocenters. The first kappa shape index (κ1) is 29.0. The van der Waals surface area contributed by atoms with Crippen LogP contribution >= 0.6 is 46.6 Å². The van der Waals surface area contributed by atoms with Crippen molar-refractivity contribution in [2.24, 2.45) is 0 Å². The molecule has 0 spiro atoms. The van der Waals surface area contributed by atoms with Crippen LogP contribution in [-0.4, -0.2) is 85.2 Å². The predicted molar refractivity (Wildman–Crippen MR) is 115 cm³/mol. The van der Waals surface area contributed by atoms with E-state index >= 15 is 0 Å². The smallest absolute Gasteiger partial charge is 0.417 e. The highest BCUT2D eigenvalue weighted by Crippen LogP contribution is 2.25. The number of nitrogens with one attached hydrogen (secondary N) is 2. The van der Waals surface area contributed by atoms with Gasteiger partial charge in [0.15, 0.2) is 6.04 Å². The average Bonchev–Trinajstić information content (AvgIpc) is 2.55. The fourth-order valence-corrected chi connectivity index (χ4v) is 3.06. The summed E-state index contributed by atoms with van der Waals surface area (Å²) >= 11 is 18.2. The molecule has 3 amide bonds. The van der Waals surface area contributed by atoms with E-state index in [0.29, 0.717) is 4.90 Å². The number of carboxylic acid groups (broad SMARTS) is 1. The number of aliphatic hydroxyl groups is 1. The molecule has 2 atom stereocenters. The van der Waals surface area contributed by atoms with Crippen LogP contribution in [0.4, 0.5) is 4.79 Å². The number of nitrogens with zero attached hydrogens (tertiary/aromatic N) is 1. The van der Waals surface area contributed by atoms with Crippen LogP contribution in [0.3, 0.4) is 0 Å². The van der Waals surface area contributed by atoms with Gasteiger partial charge in [0.2, 0.25) is 9.70 Å². The van der Waals surface area contributed by atoms with Gasteiger partial charge >= 0.3 is 12.1 Å². The van der Waals surface area contributed by atoms with Gasteiger partial charge in [-0.3, -0.25) is 9.59 Å². The fourth-order valence-electron chi connectivity index (χ4n) is 1.91. The average molecular weight is 511 g/mol. The van der Waals surface area contributed by atoms with Gasteiger partial charge in [-0.05, 0) is 20.8 Å². The van der Waals surface area contributed by atoms with Crippen LogP contribution in [0.15, 0.2) is 0 Å². The Morgan fingerprint density at radius 3 is 2.13 bits per heavy atom. The number of amides is 3. The SMILES string of the molecule is CC(=O)NCSC[C@H](NCC(Cl)(Cl)Cl)C(=O)N(C(=O)OC(C)(C)C)[C@@H](CO)C(=O)O.